The molecule has 0 amide bonds. The van der Waals surface area contributed by atoms with Crippen LogP contribution in [0.25, 0.3) is 0 Å². The predicted octanol–water partition coefficient (Wildman–Crippen LogP) is 4.92. The van der Waals surface area contributed by atoms with Gasteiger partial charge in [-0.3, -0.25) is 0 Å². The van der Waals surface area contributed by atoms with Crippen LogP contribution in [0, 0.1) is 0 Å². The normalized spacial score (nSPS) is 13.1. The molecule has 1 aliphatic heterocycles. The maximum atomic E-state index is 13.0. The van der Waals surface area contributed by atoms with Crippen LogP contribution < -0.4 is 10.1 Å². The molecule has 0 saturated heterocycles. The largest absolute Gasteiger partial charge is 0.495 e. The van der Waals surface area contributed by atoms with E-state index in [0.717, 1.165) is 34.8 Å². The minimum absolute atomic E-state index is 0.313. The van der Waals surface area contributed by atoms with Crippen LogP contribution in [0.15, 0.2) is 60.0 Å². The van der Waals surface area contributed by atoms with E-state index < -0.39 is 11.7 Å². The van der Waals surface area contributed by atoms with E-state index in [2.05, 4.69) is 20.3 Å². The highest BCUT2D eigenvalue weighted by atomic mass is 19.4. The molecule has 142 valence electrons. The summed E-state index contributed by atoms with van der Waals surface area (Å²) in [5, 5.41) is 3.01. The molecule has 5 nitrogen and oxygen atoms in total. The van der Waals surface area contributed by atoms with E-state index in [-0.39, 0.29) is 0 Å². The molecular formula is C20H15F3N4O. The number of anilines is 2. The van der Waals surface area contributed by atoms with Crippen LogP contribution in [-0.2, 0) is 12.6 Å². The topological polar surface area (TPSA) is 59.4 Å². The summed E-state index contributed by atoms with van der Waals surface area (Å²) in [7, 11) is 1.50. The van der Waals surface area contributed by atoms with Gasteiger partial charge in [0, 0.05) is 12.1 Å². The summed E-state index contributed by atoms with van der Waals surface area (Å²) >= 11 is 0. The molecule has 2 heterocycles. The van der Waals surface area contributed by atoms with Gasteiger partial charge in [-0.1, -0.05) is 6.07 Å². The van der Waals surface area contributed by atoms with Crippen molar-refractivity contribution in [2.24, 2.45) is 4.99 Å². The van der Waals surface area contributed by atoms with Crippen molar-refractivity contribution >= 4 is 22.8 Å². The highest BCUT2D eigenvalue weighted by Crippen LogP contribution is 2.34. The fourth-order valence-corrected chi connectivity index (χ4v) is 3.00. The SMILES string of the molecule is COc1ccc(C2=Nc3cncnc3C2)cc1Nc1cccc(C(F)(F)F)c1. The Morgan fingerprint density at radius 2 is 1.96 bits per heavy atom. The smallest absolute Gasteiger partial charge is 0.416 e. The number of fused-ring (bicyclic) bond motifs is 1. The van der Waals surface area contributed by atoms with Crippen molar-refractivity contribution in [3.63, 3.8) is 0 Å². The van der Waals surface area contributed by atoms with Gasteiger partial charge in [-0.05, 0) is 42.0 Å². The third-order valence-electron chi connectivity index (χ3n) is 4.36. The second kappa shape index (κ2) is 6.95. The van der Waals surface area contributed by atoms with Gasteiger partial charge < -0.3 is 10.1 Å². The van der Waals surface area contributed by atoms with E-state index in [0.29, 0.717) is 23.5 Å². The average molecular weight is 384 g/mol. The molecule has 0 fully saturated rings. The Kier molecular flexibility index (Phi) is 4.46. The Morgan fingerprint density at radius 3 is 2.71 bits per heavy atom. The molecule has 0 bridgehead atoms. The number of nitrogens with zero attached hydrogens (tertiary/aromatic N) is 3. The minimum Gasteiger partial charge on any atom is -0.495 e. The minimum atomic E-state index is -4.41. The van der Waals surface area contributed by atoms with Gasteiger partial charge in [0.05, 0.1) is 36.0 Å². The monoisotopic (exact) mass is 384 g/mol. The molecule has 0 spiro atoms. The number of nitrogens with one attached hydrogen (secondary N) is 1. The highest BCUT2D eigenvalue weighted by molar-refractivity contribution is 6.06. The van der Waals surface area contributed by atoms with Crippen LogP contribution in [0.1, 0.15) is 16.8 Å². The van der Waals surface area contributed by atoms with E-state index >= 15 is 0 Å². The molecular weight excluding hydrogens is 369 g/mol. The Morgan fingerprint density at radius 1 is 1.11 bits per heavy atom. The lowest BCUT2D eigenvalue weighted by atomic mass is 10.1. The molecule has 3 aromatic rings. The van der Waals surface area contributed by atoms with E-state index in [9.17, 15) is 13.2 Å². The summed E-state index contributed by atoms with van der Waals surface area (Å²) in [6.07, 6.45) is -0.714. The third kappa shape index (κ3) is 3.53. The maximum Gasteiger partial charge on any atom is 0.416 e. The first-order valence-electron chi connectivity index (χ1n) is 8.43. The van der Waals surface area contributed by atoms with Crippen molar-refractivity contribution in [1.29, 1.82) is 0 Å². The number of methoxy groups -OCH3 is 1. The lowest BCUT2D eigenvalue weighted by Crippen LogP contribution is -2.06. The number of alkyl halides is 3. The fourth-order valence-electron chi connectivity index (χ4n) is 3.00. The first-order chi connectivity index (χ1) is 13.4. The Balaban J connectivity index is 1.66. The molecule has 4 rings (SSSR count). The lowest BCUT2D eigenvalue weighted by molar-refractivity contribution is -0.137. The first-order valence-corrected chi connectivity index (χ1v) is 8.43. The quantitative estimate of drug-likeness (QED) is 0.693. The summed E-state index contributed by atoms with van der Waals surface area (Å²) in [4.78, 5) is 12.7. The van der Waals surface area contributed by atoms with Crippen molar-refractivity contribution in [1.82, 2.24) is 9.97 Å². The molecule has 1 N–H and O–H groups in total. The van der Waals surface area contributed by atoms with Gasteiger partial charge in [-0.15, -0.1) is 0 Å². The second-order valence-electron chi connectivity index (χ2n) is 6.21. The predicted molar refractivity (Wildman–Crippen MR) is 99.7 cm³/mol. The van der Waals surface area contributed by atoms with Gasteiger partial charge in [-0.25, -0.2) is 15.0 Å². The van der Waals surface area contributed by atoms with Crippen molar-refractivity contribution in [3.05, 3.63) is 71.8 Å². The molecule has 1 aliphatic rings. The molecule has 0 unspecified atom stereocenters. The van der Waals surface area contributed by atoms with Crippen LogP contribution in [0.4, 0.5) is 30.2 Å². The number of aliphatic imine (C=N–C) groups is 1. The van der Waals surface area contributed by atoms with Crippen molar-refractivity contribution in [2.45, 2.75) is 12.6 Å². The van der Waals surface area contributed by atoms with Gasteiger partial charge in [0.25, 0.3) is 0 Å². The van der Waals surface area contributed by atoms with E-state index in [4.69, 9.17) is 4.74 Å². The summed E-state index contributed by atoms with van der Waals surface area (Å²) in [5.41, 5.74) is 3.34. The Hall–Kier alpha value is -3.42. The van der Waals surface area contributed by atoms with Crippen LogP contribution in [-0.4, -0.2) is 22.8 Å². The van der Waals surface area contributed by atoms with Gasteiger partial charge in [-0.2, -0.15) is 13.2 Å². The zero-order valence-corrected chi connectivity index (χ0v) is 14.8. The van der Waals surface area contributed by atoms with E-state index in [1.807, 2.05) is 6.07 Å². The third-order valence-corrected chi connectivity index (χ3v) is 4.36. The van der Waals surface area contributed by atoms with Gasteiger partial charge in [0.1, 0.15) is 17.8 Å². The molecule has 0 saturated carbocycles. The average Bonchev–Trinajstić information content (AvgIpc) is 3.12. The lowest BCUT2D eigenvalue weighted by Gasteiger charge is -2.14. The van der Waals surface area contributed by atoms with Crippen LogP contribution in [0.3, 0.4) is 0 Å². The summed E-state index contributed by atoms with van der Waals surface area (Å²) in [5.74, 6) is 0.511. The molecule has 8 heteroatoms. The first kappa shape index (κ1) is 18.0. The Bertz CT molecular complexity index is 1060. The van der Waals surface area contributed by atoms with Crippen LogP contribution in [0.2, 0.25) is 0 Å². The van der Waals surface area contributed by atoms with Crippen LogP contribution in [0.5, 0.6) is 5.75 Å². The van der Waals surface area contributed by atoms with Gasteiger partial charge >= 0.3 is 6.18 Å². The van der Waals surface area contributed by atoms with E-state index in [1.165, 1.54) is 19.5 Å². The summed E-state index contributed by atoms with van der Waals surface area (Å²) < 4.78 is 44.3. The van der Waals surface area contributed by atoms with Gasteiger partial charge in [0.15, 0.2) is 0 Å². The molecule has 2 aromatic carbocycles. The van der Waals surface area contributed by atoms with Crippen molar-refractivity contribution < 1.29 is 17.9 Å². The van der Waals surface area contributed by atoms with Gasteiger partial charge in [0.2, 0.25) is 0 Å². The zero-order valence-electron chi connectivity index (χ0n) is 14.8. The maximum absolute atomic E-state index is 13.0. The number of ether oxygens (including phenoxy) is 1. The number of aromatic nitrogens is 2. The number of hydrogen-bond donors (Lipinski definition) is 1. The highest BCUT2D eigenvalue weighted by Gasteiger charge is 2.30. The number of halogens is 3. The Labute approximate surface area is 158 Å². The molecule has 0 radical (unpaired) electrons. The standard InChI is InChI=1S/C20H15F3N4O/c1-28-19-6-5-12(15-9-16-18(27-15)10-24-11-25-16)7-17(19)26-14-4-2-3-13(8-14)20(21,22)23/h2-8,10-11,26H,9H2,1H3. The summed E-state index contributed by atoms with van der Waals surface area (Å²) in [6.45, 7) is 0. The number of hydrogen-bond acceptors (Lipinski definition) is 5. The number of rotatable bonds is 4. The fraction of sp³-hybridized carbons (Fsp3) is 0.150. The zero-order chi connectivity index (χ0) is 19.7. The number of benzene rings is 2. The summed E-state index contributed by atoms with van der Waals surface area (Å²) in [6, 6.07) is 10.4. The molecule has 28 heavy (non-hydrogen) atoms. The van der Waals surface area contributed by atoms with Crippen molar-refractivity contribution in [2.75, 3.05) is 12.4 Å². The second-order valence-corrected chi connectivity index (χ2v) is 6.21. The molecule has 0 atom stereocenters. The molecule has 1 aromatic heterocycles. The molecule has 0 aliphatic carbocycles. The van der Waals surface area contributed by atoms with Crippen molar-refractivity contribution in [3.8, 4) is 5.75 Å². The van der Waals surface area contributed by atoms with Crippen LogP contribution >= 0.6 is 0 Å². The van der Waals surface area contributed by atoms with E-state index in [1.54, 1.807) is 24.4 Å².